The van der Waals surface area contributed by atoms with E-state index in [9.17, 15) is 4.79 Å². The van der Waals surface area contributed by atoms with E-state index in [0.717, 1.165) is 22.3 Å². The second kappa shape index (κ2) is 4.90. The van der Waals surface area contributed by atoms with Gasteiger partial charge in [-0.2, -0.15) is 0 Å². The lowest BCUT2D eigenvalue weighted by Gasteiger charge is -2.43. The van der Waals surface area contributed by atoms with Crippen LogP contribution in [0.4, 0.5) is 11.4 Å². The van der Waals surface area contributed by atoms with Gasteiger partial charge < -0.3 is 16.0 Å². The fraction of sp³-hybridized carbons (Fsp3) is 0.462. The van der Waals surface area contributed by atoms with Crippen molar-refractivity contribution in [2.75, 3.05) is 23.3 Å². The van der Waals surface area contributed by atoms with E-state index in [1.54, 1.807) is 0 Å². The van der Waals surface area contributed by atoms with Gasteiger partial charge in [-0.15, -0.1) is 0 Å². The molecule has 0 saturated carbocycles. The van der Waals surface area contributed by atoms with Crippen molar-refractivity contribution in [3.05, 3.63) is 22.7 Å². The highest BCUT2D eigenvalue weighted by molar-refractivity contribution is 9.10. The number of benzene rings is 1. The Morgan fingerprint density at radius 1 is 1.50 bits per heavy atom. The summed E-state index contributed by atoms with van der Waals surface area (Å²) in [6, 6.07) is 5.88. The number of nitrogens with one attached hydrogen (secondary N) is 1. The Bertz CT molecular complexity index is 473. The molecule has 0 unspecified atom stereocenters. The molecule has 2 rings (SSSR count). The molecule has 1 aromatic carbocycles. The second-order valence-corrected chi connectivity index (χ2v) is 6.06. The van der Waals surface area contributed by atoms with Crippen molar-refractivity contribution in [2.24, 2.45) is 5.73 Å². The van der Waals surface area contributed by atoms with Gasteiger partial charge in [0.05, 0.1) is 17.9 Å². The van der Waals surface area contributed by atoms with Crippen molar-refractivity contribution in [1.82, 2.24) is 0 Å². The largest absolute Gasteiger partial charge is 0.355 e. The van der Waals surface area contributed by atoms with Crippen molar-refractivity contribution >= 4 is 33.2 Å². The number of nitrogens with zero attached hydrogens (tertiary/aromatic N) is 1. The van der Waals surface area contributed by atoms with E-state index in [1.807, 2.05) is 18.2 Å². The molecule has 0 bridgehead atoms. The van der Waals surface area contributed by atoms with E-state index in [0.29, 0.717) is 13.1 Å². The molecule has 0 aliphatic carbocycles. The molecule has 1 heterocycles. The zero-order valence-electron chi connectivity index (χ0n) is 10.7. The first-order valence-electron chi connectivity index (χ1n) is 6.01. The van der Waals surface area contributed by atoms with Gasteiger partial charge in [0.15, 0.2) is 0 Å². The third-order valence-electron chi connectivity index (χ3n) is 3.31. The summed E-state index contributed by atoms with van der Waals surface area (Å²) in [6.07, 6.45) is 0.840. The van der Waals surface area contributed by atoms with Gasteiger partial charge in [0.25, 0.3) is 0 Å². The number of fused-ring (bicyclic) bond motifs is 1. The summed E-state index contributed by atoms with van der Waals surface area (Å²) in [4.78, 5) is 13.9. The minimum Gasteiger partial charge on any atom is -0.355 e. The molecule has 0 saturated heterocycles. The summed E-state index contributed by atoms with van der Waals surface area (Å²) in [6.45, 7) is 5.21. The molecule has 18 heavy (non-hydrogen) atoms. The lowest BCUT2D eigenvalue weighted by atomic mass is 9.95. The van der Waals surface area contributed by atoms with Crippen LogP contribution in [0.3, 0.4) is 0 Å². The van der Waals surface area contributed by atoms with Gasteiger partial charge in [0.2, 0.25) is 5.91 Å². The number of rotatable bonds is 3. The molecule has 4 nitrogen and oxygen atoms in total. The molecular weight excluding hydrogens is 294 g/mol. The van der Waals surface area contributed by atoms with Gasteiger partial charge in [-0.25, -0.2) is 0 Å². The van der Waals surface area contributed by atoms with Crippen LogP contribution in [-0.4, -0.2) is 24.5 Å². The zero-order chi connectivity index (χ0) is 13.3. The van der Waals surface area contributed by atoms with E-state index in [-0.39, 0.29) is 11.4 Å². The Labute approximate surface area is 116 Å². The first-order chi connectivity index (χ1) is 8.44. The average Bonchev–Trinajstić information content (AvgIpc) is 2.28. The quantitative estimate of drug-likeness (QED) is 0.900. The van der Waals surface area contributed by atoms with Crippen LogP contribution in [0.25, 0.3) is 0 Å². The molecular formula is C13H18BrN3O. The lowest BCUT2D eigenvalue weighted by Crippen LogP contribution is -2.51. The molecule has 1 aliphatic heterocycles. The van der Waals surface area contributed by atoms with Crippen molar-refractivity contribution < 1.29 is 4.79 Å². The Kier molecular flexibility index (Phi) is 3.64. The van der Waals surface area contributed by atoms with Gasteiger partial charge >= 0.3 is 0 Å². The number of carbonyl (C=O) groups excluding carboxylic acids is 1. The maximum Gasteiger partial charge on any atom is 0.243 e. The minimum absolute atomic E-state index is 0.0231. The smallest absolute Gasteiger partial charge is 0.243 e. The molecule has 1 amide bonds. The molecule has 1 aromatic rings. The summed E-state index contributed by atoms with van der Waals surface area (Å²) in [5, 5.41) is 2.90. The highest BCUT2D eigenvalue weighted by Crippen LogP contribution is 2.37. The molecule has 0 spiro atoms. The predicted octanol–water partition coefficient (Wildman–Crippen LogP) is 2.33. The highest BCUT2D eigenvalue weighted by Gasteiger charge is 2.32. The van der Waals surface area contributed by atoms with Crippen molar-refractivity contribution in [1.29, 1.82) is 0 Å². The Balaban J connectivity index is 2.44. The molecule has 1 aliphatic rings. The normalized spacial score (nSPS) is 15.3. The number of hydrogen-bond acceptors (Lipinski definition) is 3. The number of amides is 1. The van der Waals surface area contributed by atoms with Crippen molar-refractivity contribution in [3.63, 3.8) is 0 Å². The summed E-state index contributed by atoms with van der Waals surface area (Å²) < 4.78 is 1.01. The number of anilines is 2. The van der Waals surface area contributed by atoms with Crippen LogP contribution in [0.2, 0.25) is 0 Å². The Morgan fingerprint density at radius 2 is 2.22 bits per heavy atom. The third-order valence-corrected chi connectivity index (χ3v) is 3.81. The Hall–Kier alpha value is -1.07. The summed E-state index contributed by atoms with van der Waals surface area (Å²) >= 11 is 3.47. The van der Waals surface area contributed by atoms with E-state index >= 15 is 0 Å². The summed E-state index contributed by atoms with van der Waals surface area (Å²) in [5.74, 6) is 0.0231. The minimum atomic E-state index is -0.137. The van der Waals surface area contributed by atoms with E-state index in [4.69, 9.17) is 5.73 Å². The molecule has 0 aromatic heterocycles. The number of halogens is 1. The monoisotopic (exact) mass is 311 g/mol. The molecule has 0 fully saturated rings. The first kappa shape index (κ1) is 13.4. The summed E-state index contributed by atoms with van der Waals surface area (Å²) in [7, 11) is 0. The average molecular weight is 312 g/mol. The lowest BCUT2D eigenvalue weighted by molar-refractivity contribution is -0.115. The van der Waals surface area contributed by atoms with Crippen LogP contribution >= 0.6 is 15.9 Å². The van der Waals surface area contributed by atoms with E-state index in [2.05, 4.69) is 40.0 Å². The van der Waals surface area contributed by atoms with E-state index in [1.165, 1.54) is 0 Å². The van der Waals surface area contributed by atoms with Crippen LogP contribution in [-0.2, 0) is 4.79 Å². The van der Waals surface area contributed by atoms with Gasteiger partial charge in [-0.1, -0.05) is 15.9 Å². The van der Waals surface area contributed by atoms with Gasteiger partial charge in [-0.3, -0.25) is 4.79 Å². The molecule has 3 N–H and O–H groups in total. The van der Waals surface area contributed by atoms with Gasteiger partial charge in [-0.05, 0) is 45.0 Å². The van der Waals surface area contributed by atoms with Crippen LogP contribution < -0.4 is 16.0 Å². The highest BCUT2D eigenvalue weighted by atomic mass is 79.9. The topological polar surface area (TPSA) is 58.4 Å². The van der Waals surface area contributed by atoms with Crippen LogP contribution in [0.5, 0.6) is 0 Å². The Morgan fingerprint density at radius 3 is 2.89 bits per heavy atom. The van der Waals surface area contributed by atoms with Crippen molar-refractivity contribution in [2.45, 2.75) is 25.8 Å². The standard InChI is InChI=1S/C13H18BrN3O/c1-13(2,5-6-15)17-8-12(18)16-10-4-3-9(14)7-11(10)17/h3-4,7H,5-6,8,15H2,1-2H3,(H,16,18). The molecule has 5 heteroatoms. The van der Waals surface area contributed by atoms with Crippen LogP contribution in [0, 0.1) is 0 Å². The zero-order valence-corrected chi connectivity index (χ0v) is 12.3. The van der Waals surface area contributed by atoms with E-state index < -0.39 is 0 Å². The number of carbonyl (C=O) groups is 1. The number of nitrogens with two attached hydrogens (primary N) is 1. The summed E-state index contributed by atoms with van der Waals surface area (Å²) in [5.41, 5.74) is 7.44. The fourth-order valence-electron chi connectivity index (χ4n) is 2.28. The fourth-order valence-corrected chi connectivity index (χ4v) is 2.63. The van der Waals surface area contributed by atoms with Crippen LogP contribution in [0.15, 0.2) is 22.7 Å². The molecule has 0 atom stereocenters. The molecule has 0 radical (unpaired) electrons. The van der Waals surface area contributed by atoms with Gasteiger partial charge in [0, 0.05) is 10.0 Å². The second-order valence-electron chi connectivity index (χ2n) is 5.15. The molecule has 98 valence electrons. The SMILES string of the molecule is CC(C)(CCN)N1CC(=O)Nc2ccc(Br)cc21. The van der Waals surface area contributed by atoms with Crippen LogP contribution in [0.1, 0.15) is 20.3 Å². The first-order valence-corrected chi connectivity index (χ1v) is 6.80. The third kappa shape index (κ3) is 2.52. The number of hydrogen-bond donors (Lipinski definition) is 2. The predicted molar refractivity (Wildman–Crippen MR) is 77.9 cm³/mol. The maximum absolute atomic E-state index is 11.8. The van der Waals surface area contributed by atoms with Gasteiger partial charge in [0.1, 0.15) is 0 Å². The maximum atomic E-state index is 11.8. The van der Waals surface area contributed by atoms with Crippen molar-refractivity contribution in [3.8, 4) is 0 Å².